The van der Waals surface area contributed by atoms with Gasteiger partial charge in [0.05, 0.1) is 6.10 Å². The van der Waals surface area contributed by atoms with Gasteiger partial charge in [-0.15, -0.1) is 0 Å². The molecule has 1 N–H and O–H groups in total. The molecule has 12 heavy (non-hydrogen) atoms. The zero-order chi connectivity index (χ0) is 8.97. The van der Waals surface area contributed by atoms with E-state index in [0.717, 1.165) is 18.7 Å². The van der Waals surface area contributed by atoms with E-state index in [-0.39, 0.29) is 6.10 Å². The fraction of sp³-hybridized carbons (Fsp3) is 0.667. The van der Waals surface area contributed by atoms with E-state index in [9.17, 15) is 5.11 Å². The van der Waals surface area contributed by atoms with E-state index in [1.54, 1.807) is 0 Å². The minimum atomic E-state index is -0.228. The molecule has 0 aromatic rings. The predicted molar refractivity (Wildman–Crippen MR) is 50.1 cm³/mol. The Balaban J connectivity index is 2.46. The van der Waals surface area contributed by atoms with Crippen molar-refractivity contribution in [1.82, 2.24) is 4.90 Å². The SMILES string of the molecule is CCC(O)CC1=CN(C)CN=C1. The van der Waals surface area contributed by atoms with Crippen LogP contribution in [0.2, 0.25) is 0 Å². The van der Waals surface area contributed by atoms with Crippen molar-refractivity contribution in [3.8, 4) is 0 Å². The van der Waals surface area contributed by atoms with Crippen LogP contribution in [-0.2, 0) is 0 Å². The molecule has 0 radical (unpaired) electrons. The Morgan fingerprint density at radius 1 is 1.75 bits per heavy atom. The zero-order valence-electron chi connectivity index (χ0n) is 7.70. The van der Waals surface area contributed by atoms with Gasteiger partial charge in [-0.1, -0.05) is 6.92 Å². The molecule has 0 saturated heterocycles. The van der Waals surface area contributed by atoms with Crippen LogP contribution in [0.3, 0.4) is 0 Å². The van der Waals surface area contributed by atoms with Crippen molar-refractivity contribution in [3.63, 3.8) is 0 Å². The number of rotatable bonds is 3. The van der Waals surface area contributed by atoms with E-state index in [0.29, 0.717) is 6.42 Å². The average molecular weight is 168 g/mol. The molecular formula is C9H16N2O. The third-order valence-corrected chi connectivity index (χ3v) is 1.89. The summed E-state index contributed by atoms with van der Waals surface area (Å²) in [6.45, 7) is 2.71. The van der Waals surface area contributed by atoms with Gasteiger partial charge >= 0.3 is 0 Å². The summed E-state index contributed by atoms with van der Waals surface area (Å²) in [5.74, 6) is 0. The van der Waals surface area contributed by atoms with Crippen LogP contribution in [0.1, 0.15) is 19.8 Å². The van der Waals surface area contributed by atoms with E-state index in [1.165, 1.54) is 0 Å². The fourth-order valence-corrected chi connectivity index (χ4v) is 1.17. The molecule has 1 atom stereocenters. The number of aliphatic hydroxyl groups is 1. The van der Waals surface area contributed by atoms with Crippen LogP contribution in [-0.4, -0.2) is 36.0 Å². The molecule has 1 aliphatic heterocycles. The molecule has 0 aromatic carbocycles. The summed E-state index contributed by atoms with van der Waals surface area (Å²) in [5, 5.41) is 9.38. The molecule has 0 amide bonds. The van der Waals surface area contributed by atoms with Crippen LogP contribution in [0, 0.1) is 0 Å². The predicted octanol–water partition coefficient (Wildman–Crippen LogP) is 1.00. The molecule has 1 rings (SSSR count). The Morgan fingerprint density at radius 3 is 3.08 bits per heavy atom. The van der Waals surface area contributed by atoms with E-state index < -0.39 is 0 Å². The molecule has 3 nitrogen and oxygen atoms in total. The number of hydrogen-bond donors (Lipinski definition) is 1. The highest BCUT2D eigenvalue weighted by atomic mass is 16.3. The number of nitrogens with zero attached hydrogens (tertiary/aromatic N) is 2. The Labute approximate surface area is 73.4 Å². The van der Waals surface area contributed by atoms with Crippen molar-refractivity contribution in [2.45, 2.75) is 25.9 Å². The van der Waals surface area contributed by atoms with Gasteiger partial charge in [0.1, 0.15) is 6.67 Å². The molecule has 0 spiro atoms. The van der Waals surface area contributed by atoms with Crippen LogP contribution in [0.4, 0.5) is 0 Å². The largest absolute Gasteiger partial charge is 0.393 e. The first-order chi connectivity index (χ1) is 5.72. The summed E-state index contributed by atoms with van der Waals surface area (Å²) in [5.41, 5.74) is 1.11. The molecule has 0 bridgehead atoms. The Bertz CT molecular complexity index is 199. The van der Waals surface area contributed by atoms with Crippen LogP contribution in [0.15, 0.2) is 16.8 Å². The van der Waals surface area contributed by atoms with Crippen LogP contribution in [0.25, 0.3) is 0 Å². The lowest BCUT2D eigenvalue weighted by molar-refractivity contribution is 0.171. The monoisotopic (exact) mass is 168 g/mol. The first-order valence-electron chi connectivity index (χ1n) is 4.31. The Morgan fingerprint density at radius 2 is 2.50 bits per heavy atom. The summed E-state index contributed by atoms with van der Waals surface area (Å²) in [6.07, 6.45) is 5.17. The second-order valence-electron chi connectivity index (χ2n) is 3.18. The quantitative estimate of drug-likeness (QED) is 0.682. The van der Waals surface area contributed by atoms with Gasteiger partial charge in [0.15, 0.2) is 0 Å². The lowest BCUT2D eigenvalue weighted by Gasteiger charge is -2.18. The fourth-order valence-electron chi connectivity index (χ4n) is 1.17. The van der Waals surface area contributed by atoms with Crippen LogP contribution >= 0.6 is 0 Å². The van der Waals surface area contributed by atoms with Gasteiger partial charge in [0.25, 0.3) is 0 Å². The highest BCUT2D eigenvalue weighted by Gasteiger charge is 2.06. The topological polar surface area (TPSA) is 35.8 Å². The summed E-state index contributed by atoms with van der Waals surface area (Å²) in [6, 6.07) is 0. The van der Waals surface area contributed by atoms with Crippen molar-refractivity contribution < 1.29 is 5.11 Å². The van der Waals surface area contributed by atoms with Gasteiger partial charge in [-0.05, 0) is 12.0 Å². The summed E-state index contributed by atoms with van der Waals surface area (Å²) >= 11 is 0. The lowest BCUT2D eigenvalue weighted by Crippen LogP contribution is -2.18. The highest BCUT2D eigenvalue weighted by Crippen LogP contribution is 2.09. The molecule has 0 saturated carbocycles. The third kappa shape index (κ3) is 2.66. The van der Waals surface area contributed by atoms with Crippen molar-refractivity contribution in [3.05, 3.63) is 11.8 Å². The van der Waals surface area contributed by atoms with Crippen LogP contribution in [0.5, 0.6) is 0 Å². The second-order valence-corrected chi connectivity index (χ2v) is 3.18. The normalized spacial score (nSPS) is 19.2. The van der Waals surface area contributed by atoms with Crippen molar-refractivity contribution in [2.24, 2.45) is 4.99 Å². The van der Waals surface area contributed by atoms with Crippen molar-refractivity contribution in [1.29, 1.82) is 0 Å². The zero-order valence-corrected chi connectivity index (χ0v) is 7.70. The number of aliphatic hydroxyl groups excluding tert-OH is 1. The minimum Gasteiger partial charge on any atom is -0.393 e. The molecule has 0 fully saturated rings. The van der Waals surface area contributed by atoms with Gasteiger partial charge < -0.3 is 10.0 Å². The molecule has 1 heterocycles. The van der Waals surface area contributed by atoms with E-state index in [2.05, 4.69) is 4.99 Å². The summed E-state index contributed by atoms with van der Waals surface area (Å²) in [4.78, 5) is 6.16. The standard InChI is InChI=1S/C9H16N2O/c1-3-9(12)4-8-5-10-7-11(2)6-8/h5-6,9,12H,3-4,7H2,1-2H3. The van der Waals surface area contributed by atoms with Gasteiger partial charge in [0.2, 0.25) is 0 Å². The van der Waals surface area contributed by atoms with E-state index in [1.807, 2.05) is 31.3 Å². The van der Waals surface area contributed by atoms with Crippen molar-refractivity contribution in [2.75, 3.05) is 13.7 Å². The maximum Gasteiger partial charge on any atom is 0.109 e. The number of hydrogen-bond acceptors (Lipinski definition) is 3. The molecule has 3 heteroatoms. The van der Waals surface area contributed by atoms with Gasteiger partial charge in [0, 0.05) is 25.9 Å². The second kappa shape index (κ2) is 4.26. The maximum atomic E-state index is 9.38. The highest BCUT2D eigenvalue weighted by molar-refractivity contribution is 5.79. The molecule has 0 aliphatic carbocycles. The maximum absolute atomic E-state index is 9.38. The summed E-state index contributed by atoms with van der Waals surface area (Å²) in [7, 11) is 1.98. The molecular weight excluding hydrogens is 152 g/mol. The Kier molecular flexibility index (Phi) is 3.29. The summed E-state index contributed by atoms with van der Waals surface area (Å²) < 4.78 is 0. The van der Waals surface area contributed by atoms with Crippen LogP contribution < -0.4 is 0 Å². The first-order valence-corrected chi connectivity index (χ1v) is 4.31. The molecule has 0 aromatic heterocycles. The minimum absolute atomic E-state index is 0.228. The van der Waals surface area contributed by atoms with Gasteiger partial charge in [-0.2, -0.15) is 0 Å². The smallest absolute Gasteiger partial charge is 0.109 e. The van der Waals surface area contributed by atoms with Gasteiger partial charge in [-0.25, -0.2) is 0 Å². The lowest BCUT2D eigenvalue weighted by atomic mass is 10.1. The molecule has 1 aliphatic rings. The van der Waals surface area contributed by atoms with Gasteiger partial charge in [-0.3, -0.25) is 4.99 Å². The first kappa shape index (κ1) is 9.26. The molecule has 68 valence electrons. The molecule has 1 unspecified atom stereocenters. The Hall–Kier alpha value is -0.830. The average Bonchev–Trinajstić information content (AvgIpc) is 2.04. The number of aliphatic imine (C=N–C) groups is 1. The van der Waals surface area contributed by atoms with E-state index >= 15 is 0 Å². The van der Waals surface area contributed by atoms with E-state index in [4.69, 9.17) is 0 Å². The van der Waals surface area contributed by atoms with Crippen molar-refractivity contribution >= 4 is 6.21 Å². The third-order valence-electron chi connectivity index (χ3n) is 1.89.